The highest BCUT2D eigenvalue weighted by Gasteiger charge is 2.15. The Kier molecular flexibility index (Phi) is 1.92. The first kappa shape index (κ1) is 7.85. The van der Waals surface area contributed by atoms with Crippen LogP contribution in [0.4, 0.5) is 0 Å². The van der Waals surface area contributed by atoms with Crippen molar-refractivity contribution in [3.8, 4) is 11.5 Å². The molecule has 0 aliphatic carbocycles. The summed E-state index contributed by atoms with van der Waals surface area (Å²) in [6, 6.07) is 3.49. The van der Waals surface area contributed by atoms with Gasteiger partial charge in [0.2, 0.25) is 6.79 Å². The number of fused-ring (bicyclic) bond motifs is 1. The molecule has 0 unspecified atom stereocenters. The average Bonchev–Trinajstić information content (AvgIpc) is 2.49. The van der Waals surface area contributed by atoms with Gasteiger partial charge in [-0.3, -0.25) is 4.79 Å². The molecular formula is C8H5IO3. The average molecular weight is 276 g/mol. The van der Waals surface area contributed by atoms with E-state index in [-0.39, 0.29) is 6.79 Å². The minimum atomic E-state index is 0.244. The minimum absolute atomic E-state index is 0.244. The summed E-state index contributed by atoms with van der Waals surface area (Å²) in [5.74, 6) is 1.36. The van der Waals surface area contributed by atoms with E-state index in [1.54, 1.807) is 12.1 Å². The van der Waals surface area contributed by atoms with Crippen molar-refractivity contribution in [3.05, 3.63) is 21.3 Å². The van der Waals surface area contributed by atoms with E-state index in [1.807, 2.05) is 0 Å². The molecule has 0 radical (unpaired) electrons. The van der Waals surface area contributed by atoms with Gasteiger partial charge in [-0.25, -0.2) is 0 Å². The first-order valence-electron chi connectivity index (χ1n) is 3.35. The number of halogens is 1. The van der Waals surface area contributed by atoms with Gasteiger partial charge in [-0.1, -0.05) is 0 Å². The van der Waals surface area contributed by atoms with Gasteiger partial charge in [0.15, 0.2) is 17.8 Å². The standard InChI is InChI=1S/C8H5IO3/c9-6-2-8-7(11-4-12-8)1-5(6)3-10/h1-3H,4H2. The second-order valence-electron chi connectivity index (χ2n) is 2.34. The predicted molar refractivity (Wildman–Crippen MR) is 50.7 cm³/mol. The maximum Gasteiger partial charge on any atom is 0.231 e. The third-order valence-corrected chi connectivity index (χ3v) is 2.55. The maximum atomic E-state index is 10.5. The third kappa shape index (κ3) is 1.16. The lowest BCUT2D eigenvalue weighted by Gasteiger charge is -1.98. The maximum absolute atomic E-state index is 10.5. The Bertz CT molecular complexity index is 335. The number of benzene rings is 1. The quantitative estimate of drug-likeness (QED) is 0.580. The smallest absolute Gasteiger partial charge is 0.231 e. The van der Waals surface area contributed by atoms with Crippen molar-refractivity contribution in [3.63, 3.8) is 0 Å². The molecule has 2 rings (SSSR count). The fourth-order valence-corrected chi connectivity index (χ4v) is 1.59. The van der Waals surface area contributed by atoms with Crippen LogP contribution < -0.4 is 9.47 Å². The van der Waals surface area contributed by atoms with Crippen LogP contribution >= 0.6 is 22.6 Å². The number of aldehydes is 1. The summed E-state index contributed by atoms with van der Waals surface area (Å²) in [7, 11) is 0. The molecule has 0 atom stereocenters. The Morgan fingerprint density at radius 1 is 1.33 bits per heavy atom. The number of hydrogen-bond donors (Lipinski definition) is 0. The number of carbonyl (C=O) groups excluding carboxylic acids is 1. The lowest BCUT2D eigenvalue weighted by molar-refractivity contribution is 0.112. The first-order chi connectivity index (χ1) is 5.81. The van der Waals surface area contributed by atoms with Crippen LogP contribution in [0.5, 0.6) is 11.5 Å². The highest BCUT2D eigenvalue weighted by atomic mass is 127. The van der Waals surface area contributed by atoms with E-state index in [2.05, 4.69) is 22.6 Å². The minimum Gasteiger partial charge on any atom is -0.454 e. The molecule has 1 aliphatic heterocycles. The Balaban J connectivity index is 2.56. The zero-order chi connectivity index (χ0) is 8.55. The molecule has 1 aromatic carbocycles. The SMILES string of the molecule is O=Cc1cc2c(cc1I)OCO2. The fourth-order valence-electron chi connectivity index (χ4n) is 1.02. The molecule has 0 saturated carbocycles. The number of rotatable bonds is 1. The molecule has 4 heteroatoms. The Morgan fingerprint density at radius 2 is 2.00 bits per heavy atom. The largest absolute Gasteiger partial charge is 0.454 e. The van der Waals surface area contributed by atoms with Crippen molar-refractivity contribution in [2.24, 2.45) is 0 Å². The van der Waals surface area contributed by atoms with Crippen molar-refractivity contribution < 1.29 is 14.3 Å². The van der Waals surface area contributed by atoms with E-state index in [0.29, 0.717) is 17.1 Å². The van der Waals surface area contributed by atoms with Crippen LogP contribution in [0.25, 0.3) is 0 Å². The third-order valence-electron chi connectivity index (χ3n) is 1.62. The molecule has 0 amide bonds. The monoisotopic (exact) mass is 276 g/mol. The van der Waals surface area contributed by atoms with Crippen LogP contribution in [-0.4, -0.2) is 13.1 Å². The molecule has 0 N–H and O–H groups in total. The normalized spacial score (nSPS) is 13.1. The van der Waals surface area contributed by atoms with Gasteiger partial charge in [0, 0.05) is 9.13 Å². The molecule has 0 spiro atoms. The number of ether oxygens (including phenoxy) is 2. The first-order valence-corrected chi connectivity index (χ1v) is 4.43. The fraction of sp³-hybridized carbons (Fsp3) is 0.125. The van der Waals surface area contributed by atoms with Crippen LogP contribution in [-0.2, 0) is 0 Å². The topological polar surface area (TPSA) is 35.5 Å². The van der Waals surface area contributed by atoms with Crippen LogP contribution in [0.15, 0.2) is 12.1 Å². The van der Waals surface area contributed by atoms with Gasteiger partial charge in [0.1, 0.15) is 0 Å². The molecular weight excluding hydrogens is 271 g/mol. The van der Waals surface area contributed by atoms with Gasteiger partial charge in [-0.2, -0.15) is 0 Å². The molecule has 0 aromatic heterocycles. The van der Waals surface area contributed by atoms with Gasteiger partial charge in [-0.15, -0.1) is 0 Å². The van der Waals surface area contributed by atoms with Crippen molar-refractivity contribution in [2.45, 2.75) is 0 Å². The van der Waals surface area contributed by atoms with Gasteiger partial charge in [-0.05, 0) is 34.7 Å². The molecule has 0 saturated heterocycles. The van der Waals surface area contributed by atoms with Crippen LogP contribution in [0.3, 0.4) is 0 Å². The van der Waals surface area contributed by atoms with Crippen LogP contribution in [0.2, 0.25) is 0 Å². The lowest BCUT2D eigenvalue weighted by atomic mass is 10.2. The molecule has 3 nitrogen and oxygen atoms in total. The summed E-state index contributed by atoms with van der Waals surface area (Å²) in [4.78, 5) is 10.5. The van der Waals surface area contributed by atoms with Crippen molar-refractivity contribution in [2.75, 3.05) is 6.79 Å². The molecule has 1 aromatic rings. The molecule has 1 heterocycles. The van der Waals surface area contributed by atoms with E-state index in [4.69, 9.17) is 9.47 Å². The highest BCUT2D eigenvalue weighted by molar-refractivity contribution is 14.1. The molecule has 0 bridgehead atoms. The molecule has 62 valence electrons. The van der Waals surface area contributed by atoms with E-state index < -0.39 is 0 Å². The Labute approximate surface area is 82.8 Å². The summed E-state index contributed by atoms with van der Waals surface area (Å²) in [5.41, 5.74) is 0.639. The van der Waals surface area contributed by atoms with Gasteiger partial charge >= 0.3 is 0 Å². The summed E-state index contributed by atoms with van der Waals surface area (Å²) in [5, 5.41) is 0. The van der Waals surface area contributed by atoms with Crippen molar-refractivity contribution in [1.82, 2.24) is 0 Å². The second kappa shape index (κ2) is 2.93. The van der Waals surface area contributed by atoms with Gasteiger partial charge in [0.25, 0.3) is 0 Å². The van der Waals surface area contributed by atoms with Crippen LogP contribution in [0, 0.1) is 3.57 Å². The van der Waals surface area contributed by atoms with Gasteiger partial charge < -0.3 is 9.47 Å². The van der Waals surface area contributed by atoms with E-state index in [1.165, 1.54) is 0 Å². The second-order valence-corrected chi connectivity index (χ2v) is 3.51. The summed E-state index contributed by atoms with van der Waals surface area (Å²) in [6.07, 6.45) is 0.809. The van der Waals surface area contributed by atoms with E-state index in [9.17, 15) is 4.79 Å². The zero-order valence-corrected chi connectivity index (χ0v) is 8.20. The Morgan fingerprint density at radius 3 is 2.67 bits per heavy atom. The molecule has 1 aliphatic rings. The highest BCUT2D eigenvalue weighted by Crippen LogP contribution is 2.34. The van der Waals surface area contributed by atoms with E-state index in [0.717, 1.165) is 9.86 Å². The lowest BCUT2D eigenvalue weighted by Crippen LogP contribution is -1.92. The number of carbonyl (C=O) groups is 1. The summed E-state index contributed by atoms with van der Waals surface area (Å²) < 4.78 is 11.1. The Hall–Kier alpha value is -0.780. The molecule has 0 fully saturated rings. The van der Waals surface area contributed by atoms with E-state index >= 15 is 0 Å². The summed E-state index contributed by atoms with van der Waals surface area (Å²) in [6.45, 7) is 0.244. The van der Waals surface area contributed by atoms with Crippen LogP contribution in [0.1, 0.15) is 10.4 Å². The van der Waals surface area contributed by atoms with Gasteiger partial charge in [0.05, 0.1) is 0 Å². The van der Waals surface area contributed by atoms with Crippen molar-refractivity contribution >= 4 is 28.9 Å². The summed E-state index contributed by atoms with van der Waals surface area (Å²) >= 11 is 2.09. The number of hydrogen-bond acceptors (Lipinski definition) is 3. The molecule has 12 heavy (non-hydrogen) atoms. The van der Waals surface area contributed by atoms with Crippen molar-refractivity contribution in [1.29, 1.82) is 0 Å². The zero-order valence-electron chi connectivity index (χ0n) is 6.04. The predicted octanol–water partition coefficient (Wildman–Crippen LogP) is 1.83.